The summed E-state index contributed by atoms with van der Waals surface area (Å²) in [6.07, 6.45) is -0.662. The van der Waals surface area contributed by atoms with E-state index in [4.69, 9.17) is 5.73 Å². The molecule has 1 heterocycles. The van der Waals surface area contributed by atoms with Gasteiger partial charge in [0.1, 0.15) is 0 Å². The van der Waals surface area contributed by atoms with Gasteiger partial charge in [0.15, 0.2) is 5.69 Å². The number of nitrogens with two attached hydrogens (primary N) is 1. The summed E-state index contributed by atoms with van der Waals surface area (Å²) in [6, 6.07) is 7.10. The fraction of sp³-hybridized carbons (Fsp3) is 0.375. The van der Waals surface area contributed by atoms with Gasteiger partial charge in [-0.1, -0.05) is 12.1 Å². The molecule has 0 spiro atoms. The van der Waals surface area contributed by atoms with Crippen LogP contribution in [-0.2, 0) is 17.5 Å². The van der Waals surface area contributed by atoms with Gasteiger partial charge >= 0.3 is 6.18 Å². The van der Waals surface area contributed by atoms with Crippen molar-refractivity contribution in [2.24, 2.45) is 5.73 Å². The van der Waals surface area contributed by atoms with Crippen LogP contribution in [0.15, 0.2) is 36.5 Å². The second-order valence-corrected chi connectivity index (χ2v) is 6.40. The summed E-state index contributed by atoms with van der Waals surface area (Å²) >= 11 is 1.63. The van der Waals surface area contributed by atoms with Crippen LogP contribution in [0.25, 0.3) is 5.69 Å². The zero-order chi connectivity index (χ0) is 18.4. The van der Waals surface area contributed by atoms with E-state index >= 15 is 0 Å². The lowest BCUT2D eigenvalue weighted by molar-refractivity contribution is -0.141. The highest BCUT2D eigenvalue weighted by Crippen LogP contribution is 2.27. The summed E-state index contributed by atoms with van der Waals surface area (Å²) in [6.45, 7) is 0.305. The van der Waals surface area contributed by atoms with Crippen LogP contribution in [-0.4, -0.2) is 33.7 Å². The SMILES string of the molecule is CSCC[C@H](N)C(=O)NCc1ccc(-n2ccc(C(F)(F)F)n2)cc1. The Hall–Kier alpha value is -2.00. The monoisotopic (exact) mass is 372 g/mol. The first kappa shape index (κ1) is 19.3. The highest BCUT2D eigenvalue weighted by molar-refractivity contribution is 7.98. The molecule has 0 bridgehead atoms. The average molecular weight is 372 g/mol. The van der Waals surface area contributed by atoms with Crippen molar-refractivity contribution in [1.29, 1.82) is 0 Å². The van der Waals surface area contributed by atoms with E-state index in [0.29, 0.717) is 18.7 Å². The third-order valence-corrected chi connectivity index (χ3v) is 4.16. The quantitative estimate of drug-likeness (QED) is 0.784. The molecule has 2 rings (SSSR count). The number of carbonyl (C=O) groups is 1. The maximum Gasteiger partial charge on any atom is 0.435 e. The second-order valence-electron chi connectivity index (χ2n) is 5.42. The number of thioether (sulfide) groups is 1. The Morgan fingerprint density at radius 1 is 1.32 bits per heavy atom. The summed E-state index contributed by atoms with van der Waals surface area (Å²) in [5.74, 6) is 0.590. The Morgan fingerprint density at radius 2 is 2.00 bits per heavy atom. The maximum absolute atomic E-state index is 12.6. The molecule has 1 amide bonds. The molecule has 3 N–H and O–H groups in total. The van der Waals surface area contributed by atoms with Crippen LogP contribution in [0.4, 0.5) is 13.2 Å². The Labute approximate surface area is 147 Å². The molecule has 0 unspecified atom stereocenters. The molecule has 0 fully saturated rings. The molecule has 1 atom stereocenters. The van der Waals surface area contributed by atoms with E-state index in [1.165, 1.54) is 6.20 Å². The molecule has 9 heteroatoms. The van der Waals surface area contributed by atoms with E-state index in [-0.39, 0.29) is 5.91 Å². The first-order chi connectivity index (χ1) is 11.8. The van der Waals surface area contributed by atoms with Crippen molar-refractivity contribution >= 4 is 17.7 Å². The van der Waals surface area contributed by atoms with E-state index in [2.05, 4.69) is 10.4 Å². The minimum atomic E-state index is -4.47. The van der Waals surface area contributed by atoms with E-state index in [1.807, 2.05) is 6.26 Å². The first-order valence-electron chi connectivity index (χ1n) is 7.55. The number of halogens is 3. The van der Waals surface area contributed by atoms with Gasteiger partial charge in [-0.15, -0.1) is 0 Å². The van der Waals surface area contributed by atoms with Gasteiger partial charge in [0.05, 0.1) is 11.7 Å². The molecule has 0 radical (unpaired) electrons. The number of nitrogens with zero attached hydrogens (tertiary/aromatic N) is 2. The van der Waals surface area contributed by atoms with Crippen molar-refractivity contribution in [3.8, 4) is 5.69 Å². The second kappa shape index (κ2) is 8.39. The van der Waals surface area contributed by atoms with Crippen LogP contribution in [0, 0.1) is 0 Å². The number of alkyl halides is 3. The van der Waals surface area contributed by atoms with Crippen molar-refractivity contribution < 1.29 is 18.0 Å². The number of hydrogen-bond acceptors (Lipinski definition) is 4. The standard InChI is InChI=1S/C16H19F3N4OS/c1-25-9-7-13(20)15(24)21-10-11-2-4-12(5-3-11)23-8-6-14(22-23)16(17,18)19/h2-6,8,13H,7,9-10,20H2,1H3,(H,21,24)/t13-/m0/s1. The van der Waals surface area contributed by atoms with Gasteiger partial charge < -0.3 is 11.1 Å². The van der Waals surface area contributed by atoms with Crippen molar-refractivity contribution in [1.82, 2.24) is 15.1 Å². The topological polar surface area (TPSA) is 72.9 Å². The molecule has 136 valence electrons. The fourth-order valence-electron chi connectivity index (χ4n) is 2.08. The van der Waals surface area contributed by atoms with Crippen molar-refractivity contribution in [3.05, 3.63) is 47.8 Å². The van der Waals surface area contributed by atoms with Crippen LogP contribution < -0.4 is 11.1 Å². The van der Waals surface area contributed by atoms with Gasteiger partial charge in [0.2, 0.25) is 5.91 Å². The zero-order valence-electron chi connectivity index (χ0n) is 13.6. The molecule has 1 aromatic carbocycles. The highest BCUT2D eigenvalue weighted by Gasteiger charge is 2.33. The molecule has 0 aliphatic carbocycles. The minimum absolute atomic E-state index is 0.222. The summed E-state index contributed by atoms with van der Waals surface area (Å²) in [7, 11) is 0. The van der Waals surface area contributed by atoms with E-state index in [9.17, 15) is 18.0 Å². The normalized spacial score (nSPS) is 12.8. The molecule has 0 saturated carbocycles. The maximum atomic E-state index is 12.6. The zero-order valence-corrected chi connectivity index (χ0v) is 14.4. The third kappa shape index (κ3) is 5.50. The number of carbonyl (C=O) groups excluding carboxylic acids is 1. The predicted molar refractivity (Wildman–Crippen MR) is 91.4 cm³/mol. The smallest absolute Gasteiger partial charge is 0.351 e. The van der Waals surface area contributed by atoms with Gasteiger partial charge in [0.25, 0.3) is 0 Å². The molecular weight excluding hydrogens is 353 g/mol. The summed E-state index contributed by atoms with van der Waals surface area (Å²) in [4.78, 5) is 11.8. The van der Waals surface area contributed by atoms with Crippen LogP contribution in [0.2, 0.25) is 0 Å². The van der Waals surface area contributed by atoms with E-state index in [1.54, 1.807) is 36.0 Å². The molecule has 1 aromatic heterocycles. The Bertz CT molecular complexity index is 700. The average Bonchev–Trinajstić information content (AvgIpc) is 3.08. The van der Waals surface area contributed by atoms with E-state index in [0.717, 1.165) is 22.1 Å². The Morgan fingerprint density at radius 3 is 2.56 bits per heavy atom. The largest absolute Gasteiger partial charge is 0.435 e. The van der Waals surface area contributed by atoms with Crippen LogP contribution >= 0.6 is 11.8 Å². The molecule has 0 saturated heterocycles. The molecule has 5 nitrogen and oxygen atoms in total. The van der Waals surface area contributed by atoms with E-state index < -0.39 is 17.9 Å². The molecular formula is C16H19F3N4OS. The van der Waals surface area contributed by atoms with Crippen LogP contribution in [0.5, 0.6) is 0 Å². The van der Waals surface area contributed by atoms with Gasteiger partial charge in [-0.05, 0) is 42.2 Å². The number of aromatic nitrogens is 2. The number of nitrogens with one attached hydrogen (secondary N) is 1. The summed E-state index contributed by atoms with van der Waals surface area (Å²) in [5.41, 5.74) is 6.15. The number of hydrogen-bond donors (Lipinski definition) is 2. The Kier molecular flexibility index (Phi) is 6.49. The Balaban J connectivity index is 1.94. The minimum Gasteiger partial charge on any atom is -0.351 e. The number of amides is 1. The van der Waals surface area contributed by atoms with Crippen molar-refractivity contribution in [2.45, 2.75) is 25.2 Å². The highest BCUT2D eigenvalue weighted by atomic mass is 32.2. The summed E-state index contributed by atoms with van der Waals surface area (Å²) in [5, 5.41) is 6.26. The fourth-order valence-corrected chi connectivity index (χ4v) is 2.57. The lowest BCUT2D eigenvalue weighted by Crippen LogP contribution is -2.40. The van der Waals surface area contributed by atoms with Gasteiger partial charge in [0, 0.05) is 12.7 Å². The first-order valence-corrected chi connectivity index (χ1v) is 8.95. The summed E-state index contributed by atoms with van der Waals surface area (Å²) < 4.78 is 38.9. The van der Waals surface area contributed by atoms with Gasteiger partial charge in [-0.3, -0.25) is 4.79 Å². The third-order valence-electron chi connectivity index (χ3n) is 3.52. The van der Waals surface area contributed by atoms with Crippen molar-refractivity contribution in [2.75, 3.05) is 12.0 Å². The predicted octanol–water partition coefficient (Wildman–Crippen LogP) is 2.59. The van der Waals surface area contributed by atoms with Gasteiger partial charge in [-0.2, -0.15) is 30.0 Å². The molecule has 2 aromatic rings. The number of rotatable bonds is 7. The lowest BCUT2D eigenvalue weighted by atomic mass is 10.2. The van der Waals surface area contributed by atoms with Crippen LogP contribution in [0.1, 0.15) is 17.7 Å². The molecule has 0 aliphatic rings. The lowest BCUT2D eigenvalue weighted by Gasteiger charge is -2.12. The number of benzene rings is 1. The van der Waals surface area contributed by atoms with Crippen LogP contribution in [0.3, 0.4) is 0 Å². The van der Waals surface area contributed by atoms with Crippen molar-refractivity contribution in [3.63, 3.8) is 0 Å². The molecule has 0 aliphatic heterocycles. The molecule has 25 heavy (non-hydrogen) atoms. The van der Waals surface area contributed by atoms with Gasteiger partial charge in [-0.25, -0.2) is 4.68 Å².